The molecule has 0 amide bonds. The molecule has 0 aliphatic carbocycles. The van der Waals surface area contributed by atoms with Crippen molar-refractivity contribution in [2.24, 2.45) is 20.5 Å². The third kappa shape index (κ3) is 6.75. The highest BCUT2D eigenvalue weighted by atomic mass is 32.2. The minimum Gasteiger partial charge on any atom is -0.506 e. The van der Waals surface area contributed by atoms with Crippen LogP contribution in [0.4, 0.5) is 34.1 Å². The van der Waals surface area contributed by atoms with Crippen molar-refractivity contribution in [1.29, 1.82) is 0 Å². The fraction of sp³-hybridized carbons (Fsp3) is 0. The Kier molecular flexibility index (Phi) is 8.82. The van der Waals surface area contributed by atoms with Crippen LogP contribution in [-0.4, -0.2) is 23.3 Å². The van der Waals surface area contributed by atoms with Crippen molar-refractivity contribution in [1.82, 2.24) is 0 Å². The van der Waals surface area contributed by atoms with Crippen LogP contribution in [0.15, 0.2) is 133 Å². The van der Waals surface area contributed by atoms with Crippen molar-refractivity contribution >= 4 is 77.8 Å². The Balaban J connectivity index is 1.19. The predicted octanol–water partition coefficient (Wildman–Crippen LogP) is 9.04. The van der Waals surface area contributed by atoms with Crippen LogP contribution in [0.3, 0.4) is 0 Å². The molecular weight excluding hydrogens is 645 g/mol. The lowest BCUT2D eigenvalue weighted by Crippen LogP contribution is -1.98. The van der Waals surface area contributed by atoms with Gasteiger partial charge in [0.25, 0.3) is 10.1 Å². The third-order valence-corrected chi connectivity index (χ3v) is 8.71. The maximum atomic E-state index is 11.6. The van der Waals surface area contributed by atoms with Crippen molar-refractivity contribution < 1.29 is 32.7 Å². The fourth-order valence-electron chi connectivity index (χ4n) is 4.86. The topological polar surface area (TPSA) is 215 Å². The average molecular weight is 669 g/mol. The van der Waals surface area contributed by atoms with E-state index >= 15 is 0 Å². The second kappa shape index (κ2) is 13.1. The molecule has 0 fully saturated rings. The maximum absolute atomic E-state index is 11.6. The second-order valence-electron chi connectivity index (χ2n) is 10.1. The van der Waals surface area contributed by atoms with Crippen molar-refractivity contribution in [2.75, 3.05) is 11.5 Å². The molecule has 0 spiro atoms. The normalized spacial score (nSPS) is 12.1. The van der Waals surface area contributed by atoms with E-state index in [0.717, 1.165) is 40.0 Å². The van der Waals surface area contributed by atoms with Gasteiger partial charge in [0.2, 0.25) is 0 Å². The number of phenolic OH excluding ortho intramolecular Hbond substituents is 1. The molecule has 0 atom stereocenters. The number of azo groups is 2. The van der Waals surface area contributed by atoms with E-state index in [9.17, 15) is 18.1 Å². The van der Waals surface area contributed by atoms with Gasteiger partial charge in [0.1, 0.15) is 22.0 Å². The summed E-state index contributed by atoms with van der Waals surface area (Å²) in [6.07, 6.45) is 0. The highest BCUT2D eigenvalue weighted by Gasteiger charge is 2.18. The van der Waals surface area contributed by atoms with Gasteiger partial charge in [0.15, 0.2) is 0 Å². The monoisotopic (exact) mass is 668 g/mol. The third-order valence-electron chi connectivity index (χ3n) is 7.17. The number of anilines is 2. The molecule has 236 valence electrons. The Bertz CT molecular complexity index is 2300. The van der Waals surface area contributed by atoms with Crippen LogP contribution < -0.4 is 11.5 Å². The highest BCUT2D eigenvalue weighted by Crippen LogP contribution is 2.40. The number of benzene rings is 6. The Hall–Kier alpha value is -5.42. The van der Waals surface area contributed by atoms with Crippen LogP contribution in [-0.2, 0) is 19.5 Å². The fourth-order valence-corrected chi connectivity index (χ4v) is 5.98. The van der Waals surface area contributed by atoms with E-state index in [1.54, 1.807) is 18.2 Å². The quantitative estimate of drug-likeness (QED) is 0.0246. The molecule has 0 aliphatic heterocycles. The van der Waals surface area contributed by atoms with Crippen LogP contribution in [0.1, 0.15) is 0 Å². The maximum Gasteiger partial charge on any atom is 0.298 e. The number of aromatic hydroxyl groups is 1. The van der Waals surface area contributed by atoms with E-state index in [4.69, 9.17) is 16.7 Å². The minimum absolute atomic E-state index is 0.147. The molecule has 0 aromatic heterocycles. The number of nitrogen functional groups attached to an aromatic ring is 2. The van der Waals surface area contributed by atoms with Gasteiger partial charge < -0.3 is 16.6 Å². The lowest BCUT2D eigenvalue weighted by atomic mass is 10.1. The number of nitrogens with two attached hydrogens (primary N) is 2. The molecule has 0 radical (unpaired) electrons. The van der Waals surface area contributed by atoms with Gasteiger partial charge in [-0.3, -0.25) is 4.55 Å². The summed E-state index contributed by atoms with van der Waals surface area (Å²) in [5.41, 5.74) is 16.8. The SMILES string of the molecule is Nc1cc2ccc(S(=O)(=O)O)c(O)c2cc1N=Nc1ccc(-c2ccc(N=Nc3cc(SOOO)c4ccccc4c3N)cc2)cc1. The summed E-state index contributed by atoms with van der Waals surface area (Å²) in [6.45, 7) is 0. The molecule has 0 aliphatic rings. The molecule has 0 heterocycles. The largest absolute Gasteiger partial charge is 0.506 e. The Labute approximate surface area is 271 Å². The van der Waals surface area contributed by atoms with Gasteiger partial charge in [-0.15, -0.1) is 14.6 Å². The van der Waals surface area contributed by atoms with E-state index in [1.165, 1.54) is 18.2 Å². The number of phenols is 1. The summed E-state index contributed by atoms with van der Waals surface area (Å²) in [4.78, 5) is 0.0129. The van der Waals surface area contributed by atoms with Crippen molar-refractivity contribution in [2.45, 2.75) is 9.79 Å². The zero-order valence-corrected chi connectivity index (χ0v) is 25.7. The van der Waals surface area contributed by atoms with Gasteiger partial charge in [0, 0.05) is 15.7 Å². The van der Waals surface area contributed by atoms with Gasteiger partial charge in [0.05, 0.1) is 34.8 Å². The van der Waals surface area contributed by atoms with E-state index in [0.29, 0.717) is 33.0 Å². The Morgan fingerprint density at radius 3 is 1.87 bits per heavy atom. The van der Waals surface area contributed by atoms with E-state index < -0.39 is 20.8 Å². The van der Waals surface area contributed by atoms with Gasteiger partial charge in [-0.25, -0.2) is 5.26 Å². The first-order valence-electron chi connectivity index (χ1n) is 13.6. The van der Waals surface area contributed by atoms with Gasteiger partial charge in [-0.2, -0.15) is 18.6 Å². The zero-order chi connectivity index (χ0) is 33.1. The molecule has 0 unspecified atom stereocenters. The van der Waals surface area contributed by atoms with Gasteiger partial charge >= 0.3 is 0 Å². The molecule has 6 rings (SSSR count). The summed E-state index contributed by atoms with van der Waals surface area (Å²) < 4.78 is 37.2. The zero-order valence-electron chi connectivity index (χ0n) is 24.0. The summed E-state index contributed by atoms with van der Waals surface area (Å²) in [5, 5.41) is 42.0. The molecule has 6 aromatic carbocycles. The number of hydrogen-bond acceptors (Lipinski definition) is 13. The van der Waals surface area contributed by atoms with Crippen molar-refractivity contribution in [3.8, 4) is 16.9 Å². The van der Waals surface area contributed by atoms with Gasteiger partial charge in [-0.05, 0) is 70.4 Å². The minimum atomic E-state index is -4.62. The first kappa shape index (κ1) is 31.6. The Morgan fingerprint density at radius 1 is 0.681 bits per heavy atom. The van der Waals surface area contributed by atoms with Crippen LogP contribution in [0.2, 0.25) is 0 Å². The smallest absolute Gasteiger partial charge is 0.298 e. The lowest BCUT2D eigenvalue weighted by Gasteiger charge is -2.09. The Morgan fingerprint density at radius 2 is 1.28 bits per heavy atom. The summed E-state index contributed by atoms with van der Waals surface area (Å²) >= 11 is 0.817. The first-order valence-corrected chi connectivity index (χ1v) is 15.8. The van der Waals surface area contributed by atoms with Crippen molar-refractivity contribution in [3.05, 3.63) is 103 Å². The molecule has 7 N–H and O–H groups in total. The molecule has 0 saturated heterocycles. The van der Waals surface area contributed by atoms with E-state index in [2.05, 4.69) is 29.8 Å². The summed E-state index contributed by atoms with van der Waals surface area (Å²) in [6, 6.07) is 29.2. The lowest BCUT2D eigenvalue weighted by molar-refractivity contribution is -0.432. The molecule has 0 saturated carbocycles. The number of nitrogens with zero attached hydrogens (tertiary/aromatic N) is 4. The molecular formula is C32H24N6O7S2. The second-order valence-corrected chi connectivity index (χ2v) is 12.2. The summed E-state index contributed by atoms with van der Waals surface area (Å²) in [5.74, 6) is -0.607. The highest BCUT2D eigenvalue weighted by molar-refractivity contribution is 7.94. The number of rotatable bonds is 9. The standard InChI is InChI=1S/C32H24N6O7S2/c33-26-15-20-9-14-30(47(41,42)43)32(39)25(20)16-27(26)37-35-21-10-5-18(6-11-21)19-7-12-22(13-8-19)36-38-28-17-29(46-45-44-40)23-3-1-2-4-24(23)31(28)34/h1-17,39-40H,33-34H2,(H,41,42,43). The summed E-state index contributed by atoms with van der Waals surface area (Å²) in [7, 11) is -4.62. The number of fused-ring (bicyclic) bond motifs is 2. The van der Waals surface area contributed by atoms with E-state index in [1.807, 2.05) is 60.7 Å². The van der Waals surface area contributed by atoms with Crippen LogP contribution in [0.5, 0.6) is 5.75 Å². The number of hydrogen-bond donors (Lipinski definition) is 5. The van der Waals surface area contributed by atoms with Crippen LogP contribution >= 0.6 is 12.0 Å². The van der Waals surface area contributed by atoms with Crippen LogP contribution in [0, 0.1) is 0 Å². The molecule has 15 heteroatoms. The molecule has 47 heavy (non-hydrogen) atoms. The van der Waals surface area contributed by atoms with Crippen molar-refractivity contribution in [3.63, 3.8) is 0 Å². The molecule has 13 nitrogen and oxygen atoms in total. The molecule has 6 aromatic rings. The van der Waals surface area contributed by atoms with Gasteiger partial charge in [-0.1, -0.05) is 59.6 Å². The predicted molar refractivity (Wildman–Crippen MR) is 179 cm³/mol. The first-order chi connectivity index (χ1) is 22.6. The van der Waals surface area contributed by atoms with E-state index in [-0.39, 0.29) is 16.8 Å². The molecule has 0 bridgehead atoms. The average Bonchev–Trinajstić information content (AvgIpc) is 3.07. The van der Waals surface area contributed by atoms with Crippen LogP contribution in [0.25, 0.3) is 32.7 Å².